The highest BCUT2D eigenvalue weighted by atomic mass is 32.2. The minimum Gasteiger partial charge on any atom is -0.340 e. The number of nitrogens with zero attached hydrogens (tertiary/aromatic N) is 2. The van der Waals surface area contributed by atoms with Crippen LogP contribution in [0.2, 0.25) is 0 Å². The number of hydrogen-bond acceptors (Lipinski definition) is 3. The number of para-hydroxylation sites is 1. The second-order valence-corrected chi connectivity index (χ2v) is 7.14. The summed E-state index contributed by atoms with van der Waals surface area (Å²) in [5.74, 6) is 0.110. The molecule has 3 nitrogen and oxygen atoms in total. The molecule has 1 amide bonds. The molecule has 0 saturated carbocycles. The second-order valence-electron chi connectivity index (χ2n) is 5.78. The maximum absolute atomic E-state index is 12.6. The summed E-state index contributed by atoms with van der Waals surface area (Å²) in [5, 5.41) is 1.82. The Morgan fingerprint density at radius 1 is 1.04 bits per heavy atom. The molecule has 0 spiro atoms. The van der Waals surface area contributed by atoms with E-state index in [1.165, 1.54) is 11.8 Å². The average molecular weight is 336 g/mol. The van der Waals surface area contributed by atoms with Crippen LogP contribution in [0.5, 0.6) is 0 Å². The van der Waals surface area contributed by atoms with E-state index in [1.54, 1.807) is 4.90 Å². The molecule has 0 fully saturated rings. The number of aromatic nitrogens is 1. The molecule has 0 N–H and O–H groups in total. The molecule has 3 rings (SSSR count). The lowest BCUT2D eigenvalue weighted by Gasteiger charge is -2.21. The Hall–Kier alpha value is -2.33. The second kappa shape index (κ2) is 7.49. The maximum atomic E-state index is 12.6. The van der Waals surface area contributed by atoms with Crippen molar-refractivity contribution >= 4 is 28.6 Å². The van der Waals surface area contributed by atoms with Crippen molar-refractivity contribution in [1.29, 1.82) is 0 Å². The highest BCUT2D eigenvalue weighted by Crippen LogP contribution is 2.25. The van der Waals surface area contributed by atoms with Crippen LogP contribution >= 0.6 is 11.8 Å². The third kappa shape index (κ3) is 3.95. The fourth-order valence-corrected chi connectivity index (χ4v) is 3.53. The summed E-state index contributed by atoms with van der Waals surface area (Å²) in [6, 6.07) is 22.1. The predicted molar refractivity (Wildman–Crippen MR) is 100.0 cm³/mol. The number of benzene rings is 2. The van der Waals surface area contributed by atoms with Gasteiger partial charge >= 0.3 is 0 Å². The van der Waals surface area contributed by atoms with E-state index in [0.29, 0.717) is 6.54 Å². The number of fused-ring (bicyclic) bond motifs is 1. The molecule has 0 aliphatic heterocycles. The molecule has 0 aliphatic carbocycles. The maximum Gasteiger partial charge on any atom is 0.235 e. The predicted octanol–water partition coefficient (Wildman–Crippen LogP) is 4.37. The Bertz CT molecular complexity index is 835. The molecule has 24 heavy (non-hydrogen) atoms. The average Bonchev–Trinajstić information content (AvgIpc) is 2.61. The van der Waals surface area contributed by atoms with E-state index >= 15 is 0 Å². The SMILES string of the molecule is CC(Sc1ccc2ccccc2n1)C(=O)N(C)Cc1ccccc1. The summed E-state index contributed by atoms with van der Waals surface area (Å²) in [6.07, 6.45) is 0. The van der Waals surface area contributed by atoms with E-state index in [4.69, 9.17) is 0 Å². The molecular weight excluding hydrogens is 316 g/mol. The van der Waals surface area contributed by atoms with Crippen LogP contribution in [-0.2, 0) is 11.3 Å². The third-order valence-electron chi connectivity index (χ3n) is 3.86. The molecule has 1 unspecified atom stereocenters. The molecule has 2 aromatic carbocycles. The van der Waals surface area contributed by atoms with Crippen LogP contribution in [0.25, 0.3) is 10.9 Å². The van der Waals surface area contributed by atoms with Gasteiger partial charge < -0.3 is 4.90 Å². The van der Waals surface area contributed by atoms with Gasteiger partial charge in [0.1, 0.15) is 0 Å². The quantitative estimate of drug-likeness (QED) is 0.649. The van der Waals surface area contributed by atoms with Crippen molar-refractivity contribution in [1.82, 2.24) is 9.88 Å². The Kier molecular flexibility index (Phi) is 5.16. The van der Waals surface area contributed by atoms with Gasteiger partial charge in [-0.1, -0.05) is 66.4 Å². The van der Waals surface area contributed by atoms with Gasteiger partial charge in [-0.2, -0.15) is 0 Å². The van der Waals surface area contributed by atoms with Gasteiger partial charge in [0.05, 0.1) is 15.8 Å². The summed E-state index contributed by atoms with van der Waals surface area (Å²) in [5.41, 5.74) is 2.09. The summed E-state index contributed by atoms with van der Waals surface area (Å²) < 4.78 is 0. The van der Waals surface area contributed by atoms with Gasteiger partial charge in [0.25, 0.3) is 0 Å². The smallest absolute Gasteiger partial charge is 0.235 e. The van der Waals surface area contributed by atoms with E-state index in [2.05, 4.69) is 11.1 Å². The summed E-state index contributed by atoms with van der Waals surface area (Å²) in [7, 11) is 1.85. The van der Waals surface area contributed by atoms with E-state index in [0.717, 1.165) is 21.5 Å². The monoisotopic (exact) mass is 336 g/mol. The van der Waals surface area contributed by atoms with Gasteiger partial charge in [-0.25, -0.2) is 4.98 Å². The molecule has 3 aromatic rings. The normalized spacial score (nSPS) is 12.1. The van der Waals surface area contributed by atoms with Crippen molar-refractivity contribution in [2.75, 3.05) is 7.05 Å². The molecule has 0 radical (unpaired) electrons. The molecular formula is C20H20N2OS. The van der Waals surface area contributed by atoms with Crippen molar-refractivity contribution in [3.05, 3.63) is 72.3 Å². The first-order valence-corrected chi connectivity index (χ1v) is 8.83. The largest absolute Gasteiger partial charge is 0.340 e. The molecule has 1 heterocycles. The summed E-state index contributed by atoms with van der Waals surface area (Å²) >= 11 is 1.50. The van der Waals surface area contributed by atoms with Crippen LogP contribution in [0.3, 0.4) is 0 Å². The first kappa shape index (κ1) is 16.5. The molecule has 1 atom stereocenters. The fourth-order valence-electron chi connectivity index (χ4n) is 2.59. The lowest BCUT2D eigenvalue weighted by Crippen LogP contribution is -2.32. The van der Waals surface area contributed by atoms with Gasteiger partial charge in [-0.05, 0) is 24.6 Å². The standard InChI is InChI=1S/C20H20N2OS/c1-15(20(23)22(2)14-16-8-4-3-5-9-16)24-19-13-12-17-10-6-7-11-18(17)21-19/h3-13,15H,14H2,1-2H3. The highest BCUT2D eigenvalue weighted by molar-refractivity contribution is 8.00. The van der Waals surface area contributed by atoms with Crippen LogP contribution in [-0.4, -0.2) is 28.1 Å². The van der Waals surface area contributed by atoms with Crippen molar-refractivity contribution in [3.8, 4) is 0 Å². The number of carbonyl (C=O) groups excluding carboxylic acids is 1. The Morgan fingerprint density at radius 3 is 2.54 bits per heavy atom. The molecule has 4 heteroatoms. The molecule has 0 aliphatic rings. The van der Waals surface area contributed by atoms with Crippen LogP contribution in [0.1, 0.15) is 12.5 Å². The van der Waals surface area contributed by atoms with Crippen molar-refractivity contribution in [2.45, 2.75) is 23.7 Å². The van der Waals surface area contributed by atoms with E-state index in [1.807, 2.05) is 74.6 Å². The van der Waals surface area contributed by atoms with E-state index < -0.39 is 0 Å². The number of amides is 1. The van der Waals surface area contributed by atoms with Gasteiger partial charge in [0, 0.05) is 19.0 Å². The van der Waals surface area contributed by atoms with Crippen molar-refractivity contribution in [2.24, 2.45) is 0 Å². The zero-order valence-corrected chi connectivity index (χ0v) is 14.7. The number of carbonyl (C=O) groups is 1. The first-order chi connectivity index (χ1) is 11.6. The number of pyridine rings is 1. The highest BCUT2D eigenvalue weighted by Gasteiger charge is 2.19. The van der Waals surface area contributed by atoms with Crippen LogP contribution < -0.4 is 0 Å². The Morgan fingerprint density at radius 2 is 1.75 bits per heavy atom. The lowest BCUT2D eigenvalue weighted by molar-refractivity contribution is -0.129. The lowest BCUT2D eigenvalue weighted by atomic mass is 10.2. The zero-order valence-electron chi connectivity index (χ0n) is 13.8. The minimum atomic E-state index is -0.174. The van der Waals surface area contributed by atoms with Gasteiger partial charge in [0.2, 0.25) is 5.91 Å². The molecule has 0 saturated heterocycles. The molecule has 0 bridgehead atoms. The van der Waals surface area contributed by atoms with Crippen molar-refractivity contribution in [3.63, 3.8) is 0 Å². The van der Waals surface area contributed by atoms with Crippen LogP contribution in [0, 0.1) is 0 Å². The number of hydrogen-bond donors (Lipinski definition) is 0. The first-order valence-electron chi connectivity index (χ1n) is 7.95. The third-order valence-corrected chi connectivity index (χ3v) is 4.88. The van der Waals surface area contributed by atoms with E-state index in [9.17, 15) is 4.79 Å². The van der Waals surface area contributed by atoms with Crippen molar-refractivity contribution < 1.29 is 4.79 Å². The Labute approximate surface area is 146 Å². The summed E-state index contributed by atoms with van der Waals surface area (Å²) in [4.78, 5) is 19.0. The van der Waals surface area contributed by atoms with E-state index in [-0.39, 0.29) is 11.2 Å². The number of thioether (sulfide) groups is 1. The fraction of sp³-hybridized carbons (Fsp3) is 0.200. The topological polar surface area (TPSA) is 33.2 Å². The van der Waals surface area contributed by atoms with Crippen LogP contribution in [0.4, 0.5) is 0 Å². The number of rotatable bonds is 5. The van der Waals surface area contributed by atoms with Gasteiger partial charge in [-0.3, -0.25) is 4.79 Å². The molecule has 1 aromatic heterocycles. The van der Waals surface area contributed by atoms with Gasteiger partial charge in [-0.15, -0.1) is 0 Å². The molecule has 122 valence electrons. The summed E-state index contributed by atoms with van der Waals surface area (Å²) in [6.45, 7) is 2.56. The Balaban J connectivity index is 1.66. The van der Waals surface area contributed by atoms with Gasteiger partial charge in [0.15, 0.2) is 0 Å². The van der Waals surface area contributed by atoms with Crippen LogP contribution in [0.15, 0.2) is 71.8 Å². The zero-order chi connectivity index (χ0) is 16.9. The minimum absolute atomic E-state index is 0.110.